The van der Waals surface area contributed by atoms with Crippen molar-refractivity contribution in [3.63, 3.8) is 0 Å². The molecular weight excluding hydrogens is 266 g/mol. The lowest BCUT2D eigenvalue weighted by Gasteiger charge is -2.17. The van der Waals surface area contributed by atoms with E-state index in [2.05, 4.69) is 10.3 Å². The Morgan fingerprint density at radius 3 is 2.71 bits per heavy atom. The van der Waals surface area contributed by atoms with E-state index in [-0.39, 0.29) is 5.91 Å². The molecule has 1 aromatic carbocycles. The summed E-state index contributed by atoms with van der Waals surface area (Å²) in [7, 11) is 3.65. The van der Waals surface area contributed by atoms with E-state index in [9.17, 15) is 4.79 Å². The maximum atomic E-state index is 12.3. The molecule has 1 aromatic heterocycles. The van der Waals surface area contributed by atoms with Crippen molar-refractivity contribution < 1.29 is 9.53 Å². The van der Waals surface area contributed by atoms with Crippen LogP contribution >= 0.6 is 0 Å². The van der Waals surface area contributed by atoms with E-state index >= 15 is 0 Å². The number of nitrogens with one attached hydrogen (secondary N) is 1. The number of ether oxygens (including phenoxy) is 1. The van der Waals surface area contributed by atoms with Gasteiger partial charge in [0, 0.05) is 38.1 Å². The second-order valence-corrected chi connectivity index (χ2v) is 4.64. The molecule has 5 nitrogen and oxygen atoms in total. The average molecular weight is 285 g/mol. The van der Waals surface area contributed by atoms with Gasteiger partial charge in [-0.05, 0) is 37.4 Å². The van der Waals surface area contributed by atoms with E-state index < -0.39 is 0 Å². The Balaban J connectivity index is 2.08. The molecule has 1 N–H and O–H groups in total. The van der Waals surface area contributed by atoms with Gasteiger partial charge in [-0.2, -0.15) is 0 Å². The number of carbonyl (C=O) groups is 1. The van der Waals surface area contributed by atoms with Crippen molar-refractivity contribution in [2.75, 3.05) is 27.2 Å². The number of carbonyl (C=O) groups excluding carboxylic acids is 1. The highest BCUT2D eigenvalue weighted by molar-refractivity contribution is 5.94. The number of hydrogen-bond acceptors (Lipinski definition) is 4. The highest BCUT2D eigenvalue weighted by Crippen LogP contribution is 2.21. The normalized spacial score (nSPS) is 10.2. The summed E-state index contributed by atoms with van der Waals surface area (Å²) in [6.45, 7) is 1.42. The van der Waals surface area contributed by atoms with E-state index in [1.54, 1.807) is 48.6 Å². The molecule has 0 radical (unpaired) electrons. The molecular formula is C16H19N3O2. The first-order valence-corrected chi connectivity index (χ1v) is 6.78. The number of rotatable bonds is 6. The first-order chi connectivity index (χ1) is 10.2. The second kappa shape index (κ2) is 7.40. The first-order valence-electron chi connectivity index (χ1n) is 6.78. The minimum atomic E-state index is -0.0228. The summed E-state index contributed by atoms with van der Waals surface area (Å²) in [6.07, 6.45) is 3.33. The van der Waals surface area contributed by atoms with Crippen molar-refractivity contribution >= 4 is 5.91 Å². The van der Waals surface area contributed by atoms with Crippen LogP contribution in [0.2, 0.25) is 0 Å². The standard InChI is InChI=1S/C16H19N3O2/c1-17-10-11-19(2)16(20)13-4-3-5-15(12-13)21-14-6-8-18-9-7-14/h3-9,12,17H,10-11H2,1-2H3. The van der Waals surface area contributed by atoms with Gasteiger partial charge in [0.25, 0.3) is 5.91 Å². The third-order valence-corrected chi connectivity index (χ3v) is 3.01. The Kier molecular flexibility index (Phi) is 5.29. The molecule has 5 heteroatoms. The zero-order valence-electron chi connectivity index (χ0n) is 12.2. The molecule has 110 valence electrons. The van der Waals surface area contributed by atoms with Gasteiger partial charge < -0.3 is 15.0 Å². The molecule has 0 unspecified atom stereocenters. The maximum absolute atomic E-state index is 12.3. The molecule has 0 spiro atoms. The number of benzene rings is 1. The second-order valence-electron chi connectivity index (χ2n) is 4.64. The highest BCUT2D eigenvalue weighted by atomic mass is 16.5. The number of nitrogens with zero attached hydrogens (tertiary/aromatic N) is 2. The molecule has 0 aliphatic heterocycles. The predicted molar refractivity (Wildman–Crippen MR) is 81.6 cm³/mol. The summed E-state index contributed by atoms with van der Waals surface area (Å²) in [5.74, 6) is 1.30. The summed E-state index contributed by atoms with van der Waals surface area (Å²) in [5.41, 5.74) is 0.611. The highest BCUT2D eigenvalue weighted by Gasteiger charge is 2.12. The van der Waals surface area contributed by atoms with Crippen molar-refractivity contribution in [3.05, 3.63) is 54.4 Å². The lowest BCUT2D eigenvalue weighted by Crippen LogP contribution is -2.32. The van der Waals surface area contributed by atoms with Gasteiger partial charge >= 0.3 is 0 Å². The number of pyridine rings is 1. The molecule has 1 amide bonds. The molecule has 2 aromatic rings. The van der Waals surface area contributed by atoms with Crippen molar-refractivity contribution in [1.82, 2.24) is 15.2 Å². The van der Waals surface area contributed by atoms with Gasteiger partial charge in [0.2, 0.25) is 0 Å². The molecule has 0 fully saturated rings. The van der Waals surface area contributed by atoms with Gasteiger partial charge in [0.1, 0.15) is 11.5 Å². The lowest BCUT2D eigenvalue weighted by atomic mass is 10.2. The summed E-state index contributed by atoms with van der Waals surface area (Å²) in [4.78, 5) is 17.9. The van der Waals surface area contributed by atoms with Crippen LogP contribution < -0.4 is 10.1 Å². The SMILES string of the molecule is CNCCN(C)C(=O)c1cccc(Oc2ccncc2)c1. The smallest absolute Gasteiger partial charge is 0.253 e. The molecule has 0 saturated carbocycles. The van der Waals surface area contributed by atoms with Crippen LogP contribution in [0, 0.1) is 0 Å². The molecule has 0 bridgehead atoms. The summed E-state index contributed by atoms with van der Waals surface area (Å²) in [6, 6.07) is 10.7. The Labute approximate surface area is 124 Å². The van der Waals surface area contributed by atoms with Gasteiger partial charge in [-0.25, -0.2) is 0 Å². The topological polar surface area (TPSA) is 54.5 Å². The summed E-state index contributed by atoms with van der Waals surface area (Å²) >= 11 is 0. The zero-order chi connectivity index (χ0) is 15.1. The van der Waals surface area contributed by atoms with Crippen molar-refractivity contribution in [2.24, 2.45) is 0 Å². The third-order valence-electron chi connectivity index (χ3n) is 3.01. The molecule has 0 atom stereocenters. The van der Waals surface area contributed by atoms with Gasteiger partial charge in [-0.15, -0.1) is 0 Å². The fourth-order valence-corrected chi connectivity index (χ4v) is 1.84. The number of likely N-dealkylation sites (N-methyl/N-ethyl adjacent to an activating group) is 2. The summed E-state index contributed by atoms with van der Waals surface area (Å²) in [5, 5.41) is 3.02. The van der Waals surface area contributed by atoms with Crippen LogP contribution in [-0.4, -0.2) is 43.0 Å². The Bertz CT molecular complexity index is 587. The Morgan fingerprint density at radius 1 is 1.24 bits per heavy atom. The fraction of sp³-hybridized carbons (Fsp3) is 0.250. The van der Waals surface area contributed by atoms with E-state index in [0.29, 0.717) is 23.6 Å². The van der Waals surface area contributed by atoms with Crippen LogP contribution in [0.25, 0.3) is 0 Å². The quantitative estimate of drug-likeness (QED) is 0.883. The van der Waals surface area contributed by atoms with Gasteiger partial charge in [-0.3, -0.25) is 9.78 Å². The maximum Gasteiger partial charge on any atom is 0.253 e. The molecule has 1 heterocycles. The number of amides is 1. The van der Waals surface area contributed by atoms with Crippen molar-refractivity contribution in [2.45, 2.75) is 0 Å². The summed E-state index contributed by atoms with van der Waals surface area (Å²) < 4.78 is 5.71. The van der Waals surface area contributed by atoms with E-state index in [4.69, 9.17) is 4.74 Å². The van der Waals surface area contributed by atoms with Gasteiger partial charge in [0.15, 0.2) is 0 Å². The van der Waals surface area contributed by atoms with Crippen molar-refractivity contribution in [3.8, 4) is 11.5 Å². The fourth-order valence-electron chi connectivity index (χ4n) is 1.84. The van der Waals surface area contributed by atoms with Gasteiger partial charge in [-0.1, -0.05) is 6.07 Å². The van der Waals surface area contributed by atoms with Crippen LogP contribution in [0.1, 0.15) is 10.4 Å². The van der Waals surface area contributed by atoms with Gasteiger partial charge in [0.05, 0.1) is 0 Å². The largest absolute Gasteiger partial charge is 0.457 e. The molecule has 21 heavy (non-hydrogen) atoms. The van der Waals surface area contributed by atoms with Crippen LogP contribution in [0.5, 0.6) is 11.5 Å². The monoisotopic (exact) mass is 285 g/mol. The first kappa shape index (κ1) is 15.0. The third kappa shape index (κ3) is 4.29. The van der Waals surface area contributed by atoms with Crippen LogP contribution in [0.4, 0.5) is 0 Å². The van der Waals surface area contributed by atoms with Crippen LogP contribution in [0.3, 0.4) is 0 Å². The Morgan fingerprint density at radius 2 is 2.00 bits per heavy atom. The van der Waals surface area contributed by atoms with Crippen molar-refractivity contribution in [1.29, 1.82) is 0 Å². The number of hydrogen-bond donors (Lipinski definition) is 1. The lowest BCUT2D eigenvalue weighted by molar-refractivity contribution is 0.0796. The predicted octanol–water partition coefficient (Wildman–Crippen LogP) is 2.17. The molecule has 2 rings (SSSR count). The molecule has 0 aliphatic carbocycles. The minimum Gasteiger partial charge on any atom is -0.457 e. The van der Waals surface area contributed by atoms with E-state index in [1.165, 1.54) is 0 Å². The minimum absolute atomic E-state index is 0.0228. The van der Waals surface area contributed by atoms with E-state index in [0.717, 1.165) is 6.54 Å². The molecule has 0 saturated heterocycles. The van der Waals surface area contributed by atoms with Crippen LogP contribution in [-0.2, 0) is 0 Å². The van der Waals surface area contributed by atoms with E-state index in [1.807, 2.05) is 19.2 Å². The van der Waals surface area contributed by atoms with Crippen LogP contribution in [0.15, 0.2) is 48.8 Å². The average Bonchev–Trinajstić information content (AvgIpc) is 2.53. The number of aromatic nitrogens is 1. The zero-order valence-corrected chi connectivity index (χ0v) is 12.2. The Hall–Kier alpha value is -2.40. The molecule has 0 aliphatic rings.